The highest BCUT2D eigenvalue weighted by atomic mass is 16.4. The predicted molar refractivity (Wildman–Crippen MR) is 100 cm³/mol. The van der Waals surface area contributed by atoms with E-state index in [1.54, 1.807) is 6.07 Å². The fraction of sp³-hybridized carbons (Fsp3) is 0.318. The number of aromatic hydroxyl groups is 1. The fourth-order valence-corrected chi connectivity index (χ4v) is 3.86. The maximum Gasteiger partial charge on any atom is 0.340 e. The van der Waals surface area contributed by atoms with Gasteiger partial charge >= 0.3 is 5.63 Å². The fourth-order valence-electron chi connectivity index (χ4n) is 3.86. The number of fused-ring (bicyclic) bond motifs is 5. The van der Waals surface area contributed by atoms with Gasteiger partial charge in [-0.15, -0.1) is 0 Å². The lowest BCUT2D eigenvalue weighted by Crippen LogP contribution is -2.15. The molecule has 0 unspecified atom stereocenters. The summed E-state index contributed by atoms with van der Waals surface area (Å²) < 4.78 is 5.52. The Hall–Kier alpha value is -2.55. The summed E-state index contributed by atoms with van der Waals surface area (Å²) in [6, 6.07) is 11.9. The largest absolute Gasteiger partial charge is 0.508 e. The SMILES string of the molecule is CCCCCc1cc2c3c(c(=O)oc2cc1O)CCc1ccccc1-3. The van der Waals surface area contributed by atoms with Crippen LogP contribution in [-0.4, -0.2) is 5.11 Å². The first-order chi connectivity index (χ1) is 12.2. The lowest BCUT2D eigenvalue weighted by atomic mass is 9.84. The molecule has 1 aliphatic rings. The highest BCUT2D eigenvalue weighted by molar-refractivity contribution is 5.97. The Labute approximate surface area is 146 Å². The minimum Gasteiger partial charge on any atom is -0.508 e. The van der Waals surface area contributed by atoms with Crippen molar-refractivity contribution >= 4 is 11.0 Å². The van der Waals surface area contributed by atoms with E-state index in [0.29, 0.717) is 12.0 Å². The average Bonchev–Trinajstić information content (AvgIpc) is 2.62. The maximum atomic E-state index is 12.4. The molecule has 1 aliphatic carbocycles. The second-order valence-corrected chi connectivity index (χ2v) is 6.83. The molecule has 0 aliphatic heterocycles. The summed E-state index contributed by atoms with van der Waals surface area (Å²) >= 11 is 0. The van der Waals surface area contributed by atoms with Gasteiger partial charge in [-0.3, -0.25) is 0 Å². The second-order valence-electron chi connectivity index (χ2n) is 6.83. The van der Waals surface area contributed by atoms with Crippen molar-refractivity contribution in [2.75, 3.05) is 0 Å². The van der Waals surface area contributed by atoms with E-state index in [1.807, 2.05) is 18.2 Å². The number of phenolic OH excluding ortho intramolecular Hbond substituents is 1. The molecular weight excluding hydrogens is 312 g/mol. The first kappa shape index (κ1) is 15.9. The highest BCUT2D eigenvalue weighted by Gasteiger charge is 2.23. The molecule has 1 heterocycles. The Morgan fingerprint density at radius 2 is 1.96 bits per heavy atom. The van der Waals surface area contributed by atoms with Crippen molar-refractivity contribution in [3.63, 3.8) is 0 Å². The topological polar surface area (TPSA) is 50.4 Å². The summed E-state index contributed by atoms with van der Waals surface area (Å²) in [5.41, 5.74) is 5.25. The van der Waals surface area contributed by atoms with Crippen LogP contribution in [0.3, 0.4) is 0 Å². The molecule has 3 nitrogen and oxygen atoms in total. The molecule has 0 radical (unpaired) electrons. The minimum atomic E-state index is -0.282. The molecule has 0 bridgehead atoms. The predicted octanol–water partition coefficient (Wildman–Crippen LogP) is 5.00. The minimum absolute atomic E-state index is 0.218. The molecule has 25 heavy (non-hydrogen) atoms. The Kier molecular flexibility index (Phi) is 4.08. The molecule has 3 heteroatoms. The third-order valence-electron chi connectivity index (χ3n) is 5.18. The molecule has 0 fully saturated rings. The molecular formula is C22H22O3. The molecule has 0 spiro atoms. The van der Waals surface area contributed by atoms with Gasteiger partial charge in [-0.05, 0) is 48.4 Å². The average molecular weight is 334 g/mol. The number of unbranched alkanes of at least 4 members (excludes halogenated alkanes) is 2. The summed E-state index contributed by atoms with van der Waals surface area (Å²) in [6.07, 6.45) is 5.74. The lowest BCUT2D eigenvalue weighted by molar-refractivity contribution is 0.464. The molecule has 4 rings (SSSR count). The molecule has 1 N–H and O–H groups in total. The van der Waals surface area contributed by atoms with Gasteiger partial charge in [0.1, 0.15) is 11.3 Å². The van der Waals surface area contributed by atoms with Crippen molar-refractivity contribution < 1.29 is 9.52 Å². The molecule has 2 aromatic carbocycles. The van der Waals surface area contributed by atoms with Gasteiger partial charge in [0.15, 0.2) is 0 Å². The van der Waals surface area contributed by atoms with Crippen LogP contribution < -0.4 is 5.63 Å². The Balaban J connectivity index is 1.96. The molecule has 0 saturated heterocycles. The number of phenols is 1. The smallest absolute Gasteiger partial charge is 0.340 e. The number of hydrogen-bond acceptors (Lipinski definition) is 3. The van der Waals surface area contributed by atoms with Gasteiger partial charge in [0.05, 0.1) is 0 Å². The maximum absolute atomic E-state index is 12.4. The van der Waals surface area contributed by atoms with Gasteiger partial charge in [-0.1, -0.05) is 44.0 Å². The molecule has 1 aromatic heterocycles. The van der Waals surface area contributed by atoms with Gasteiger partial charge < -0.3 is 9.52 Å². The summed E-state index contributed by atoms with van der Waals surface area (Å²) in [5.74, 6) is 0.218. The van der Waals surface area contributed by atoms with E-state index in [-0.39, 0.29) is 11.4 Å². The van der Waals surface area contributed by atoms with Crippen LogP contribution in [0, 0.1) is 0 Å². The van der Waals surface area contributed by atoms with Crippen LogP contribution in [0.15, 0.2) is 45.6 Å². The normalized spacial score (nSPS) is 12.8. The second kappa shape index (κ2) is 6.40. The third kappa shape index (κ3) is 2.74. The molecule has 0 saturated carbocycles. The summed E-state index contributed by atoms with van der Waals surface area (Å²) in [5, 5.41) is 11.3. The zero-order valence-corrected chi connectivity index (χ0v) is 14.5. The Morgan fingerprint density at radius 1 is 1.12 bits per heavy atom. The summed E-state index contributed by atoms with van der Waals surface area (Å²) in [7, 11) is 0. The zero-order valence-electron chi connectivity index (χ0n) is 14.5. The van der Waals surface area contributed by atoms with Crippen LogP contribution in [0.4, 0.5) is 0 Å². The van der Waals surface area contributed by atoms with E-state index in [4.69, 9.17) is 4.42 Å². The summed E-state index contributed by atoms with van der Waals surface area (Å²) in [6.45, 7) is 2.17. The van der Waals surface area contributed by atoms with Gasteiger partial charge in [-0.2, -0.15) is 0 Å². The van der Waals surface area contributed by atoms with Crippen molar-refractivity contribution in [1.29, 1.82) is 0 Å². The van der Waals surface area contributed by atoms with Crippen molar-refractivity contribution in [2.45, 2.75) is 45.4 Å². The van der Waals surface area contributed by atoms with Crippen LogP contribution in [0.25, 0.3) is 22.1 Å². The first-order valence-electron chi connectivity index (χ1n) is 9.09. The van der Waals surface area contributed by atoms with Crippen LogP contribution in [0.1, 0.15) is 42.9 Å². The number of benzene rings is 2. The molecule has 0 atom stereocenters. The zero-order chi connectivity index (χ0) is 17.4. The van der Waals surface area contributed by atoms with E-state index in [9.17, 15) is 9.90 Å². The van der Waals surface area contributed by atoms with Crippen LogP contribution in [0.2, 0.25) is 0 Å². The van der Waals surface area contributed by atoms with Gasteiger partial charge in [0, 0.05) is 22.6 Å². The monoisotopic (exact) mass is 334 g/mol. The van der Waals surface area contributed by atoms with Gasteiger partial charge in [0.2, 0.25) is 0 Å². The van der Waals surface area contributed by atoms with E-state index >= 15 is 0 Å². The van der Waals surface area contributed by atoms with Crippen molar-refractivity contribution in [2.24, 2.45) is 0 Å². The van der Waals surface area contributed by atoms with E-state index in [0.717, 1.165) is 59.7 Å². The number of hydrogen-bond donors (Lipinski definition) is 1. The Bertz CT molecular complexity index is 998. The first-order valence-corrected chi connectivity index (χ1v) is 9.09. The van der Waals surface area contributed by atoms with Crippen LogP contribution in [0.5, 0.6) is 5.75 Å². The van der Waals surface area contributed by atoms with E-state index in [2.05, 4.69) is 19.1 Å². The quantitative estimate of drug-likeness (QED) is 0.540. The molecule has 128 valence electrons. The number of aryl methyl sites for hydroxylation is 2. The molecule has 0 amide bonds. The van der Waals surface area contributed by atoms with Crippen LogP contribution in [-0.2, 0) is 19.3 Å². The van der Waals surface area contributed by atoms with Crippen LogP contribution >= 0.6 is 0 Å². The van der Waals surface area contributed by atoms with Crippen molar-refractivity contribution in [1.82, 2.24) is 0 Å². The van der Waals surface area contributed by atoms with Crippen molar-refractivity contribution in [3.8, 4) is 16.9 Å². The van der Waals surface area contributed by atoms with Gasteiger partial charge in [0.25, 0.3) is 0 Å². The highest BCUT2D eigenvalue weighted by Crippen LogP contribution is 2.39. The third-order valence-corrected chi connectivity index (χ3v) is 5.18. The summed E-state index contributed by atoms with van der Waals surface area (Å²) in [4.78, 5) is 12.4. The van der Waals surface area contributed by atoms with E-state index < -0.39 is 0 Å². The van der Waals surface area contributed by atoms with Crippen molar-refractivity contribution in [3.05, 3.63) is 63.5 Å². The van der Waals surface area contributed by atoms with E-state index in [1.165, 1.54) is 5.56 Å². The van der Waals surface area contributed by atoms with Gasteiger partial charge in [-0.25, -0.2) is 4.79 Å². The molecule has 3 aromatic rings. The Morgan fingerprint density at radius 3 is 2.80 bits per heavy atom. The standard InChI is InChI=1S/C22H22O3/c1-2-3-4-8-15-12-18-20(13-19(15)23)25-22(24)17-11-10-14-7-5-6-9-16(14)21(17)18/h5-7,9,12-13,23H,2-4,8,10-11H2,1H3. The number of rotatable bonds is 4. The lowest BCUT2D eigenvalue weighted by Gasteiger charge is -2.20.